The summed E-state index contributed by atoms with van der Waals surface area (Å²) < 4.78 is 5.98. The van der Waals surface area contributed by atoms with Gasteiger partial charge in [0, 0.05) is 24.3 Å². The van der Waals surface area contributed by atoms with Gasteiger partial charge in [0.15, 0.2) is 5.82 Å². The molecule has 4 heteroatoms. The molecule has 0 radical (unpaired) electrons. The summed E-state index contributed by atoms with van der Waals surface area (Å²) in [4.78, 5) is 9.35. The van der Waals surface area contributed by atoms with E-state index in [1.807, 2.05) is 13.1 Å². The van der Waals surface area contributed by atoms with E-state index in [4.69, 9.17) is 21.3 Å². The van der Waals surface area contributed by atoms with E-state index in [1.165, 1.54) is 12.8 Å². The van der Waals surface area contributed by atoms with E-state index in [1.54, 1.807) is 0 Å². The molecule has 1 aliphatic rings. The lowest BCUT2D eigenvalue weighted by Crippen LogP contribution is -2.31. The van der Waals surface area contributed by atoms with Gasteiger partial charge in [0.05, 0.1) is 11.6 Å². The molecule has 0 unspecified atom stereocenters. The second-order valence-corrected chi connectivity index (χ2v) is 5.41. The van der Waals surface area contributed by atoms with E-state index in [9.17, 15) is 0 Å². The van der Waals surface area contributed by atoms with Crippen molar-refractivity contribution in [3.8, 4) is 0 Å². The Bertz CT molecular complexity index is 428. The highest BCUT2D eigenvalue weighted by atomic mass is 35.5. The second-order valence-electron chi connectivity index (χ2n) is 5.15. The standard InChI is InChI=1S/C15H23ClN2O/c1-4-15(5-2,19-6-3)14-17-10-12(9-16)13(18-14)11-7-8-11/h10-11H,4-9H2,1-3H3. The largest absolute Gasteiger partial charge is 0.367 e. The molecule has 19 heavy (non-hydrogen) atoms. The Kier molecular flexibility index (Phi) is 4.80. The zero-order chi connectivity index (χ0) is 13.9. The predicted molar refractivity (Wildman–Crippen MR) is 77.5 cm³/mol. The van der Waals surface area contributed by atoms with Crippen LogP contribution in [0, 0.1) is 0 Å². The van der Waals surface area contributed by atoms with Gasteiger partial charge in [-0.3, -0.25) is 0 Å². The van der Waals surface area contributed by atoms with Crippen molar-refractivity contribution >= 4 is 11.6 Å². The first kappa shape index (κ1) is 14.7. The Balaban J connectivity index is 2.40. The predicted octanol–water partition coefficient (Wildman–Crippen LogP) is 4.14. The number of aromatic nitrogens is 2. The zero-order valence-electron chi connectivity index (χ0n) is 12.1. The van der Waals surface area contributed by atoms with E-state index in [0.717, 1.165) is 29.9 Å². The topological polar surface area (TPSA) is 35.0 Å². The van der Waals surface area contributed by atoms with Gasteiger partial charge in [-0.25, -0.2) is 9.97 Å². The molecule has 0 atom stereocenters. The first-order valence-corrected chi connectivity index (χ1v) is 7.80. The number of halogens is 1. The fraction of sp³-hybridized carbons (Fsp3) is 0.733. The molecule has 0 saturated heterocycles. The number of alkyl halides is 1. The molecule has 0 N–H and O–H groups in total. The Morgan fingerprint density at radius 2 is 2.00 bits per heavy atom. The van der Waals surface area contributed by atoms with Gasteiger partial charge >= 0.3 is 0 Å². The quantitative estimate of drug-likeness (QED) is 0.705. The Morgan fingerprint density at radius 1 is 1.32 bits per heavy atom. The molecular formula is C15H23ClN2O. The molecule has 1 aliphatic carbocycles. The molecule has 1 heterocycles. The maximum atomic E-state index is 5.99. The van der Waals surface area contributed by atoms with Gasteiger partial charge in [0.25, 0.3) is 0 Å². The first-order chi connectivity index (χ1) is 9.20. The lowest BCUT2D eigenvalue weighted by molar-refractivity contribution is -0.0573. The van der Waals surface area contributed by atoms with Gasteiger partial charge in [0.2, 0.25) is 0 Å². The average Bonchev–Trinajstić information content (AvgIpc) is 3.29. The van der Waals surface area contributed by atoms with Gasteiger partial charge in [-0.15, -0.1) is 11.6 Å². The fourth-order valence-corrected chi connectivity index (χ4v) is 2.77. The van der Waals surface area contributed by atoms with Crippen molar-refractivity contribution in [2.24, 2.45) is 0 Å². The van der Waals surface area contributed by atoms with Crippen LogP contribution >= 0.6 is 11.6 Å². The molecule has 2 rings (SSSR count). The lowest BCUT2D eigenvalue weighted by atomic mass is 9.95. The van der Waals surface area contributed by atoms with Crippen LogP contribution in [0.15, 0.2) is 6.20 Å². The fourth-order valence-electron chi connectivity index (χ4n) is 2.56. The summed E-state index contributed by atoms with van der Waals surface area (Å²) in [5.74, 6) is 1.91. The van der Waals surface area contributed by atoms with E-state index in [2.05, 4.69) is 18.8 Å². The van der Waals surface area contributed by atoms with Crippen LogP contribution in [0.3, 0.4) is 0 Å². The smallest absolute Gasteiger partial charge is 0.160 e. The highest BCUT2D eigenvalue weighted by Crippen LogP contribution is 2.42. The number of hydrogen-bond acceptors (Lipinski definition) is 3. The Hall–Kier alpha value is -0.670. The highest BCUT2D eigenvalue weighted by Gasteiger charge is 2.35. The van der Waals surface area contributed by atoms with Crippen molar-refractivity contribution in [2.45, 2.75) is 63.9 Å². The van der Waals surface area contributed by atoms with E-state index < -0.39 is 0 Å². The van der Waals surface area contributed by atoms with Crippen LogP contribution < -0.4 is 0 Å². The molecule has 0 spiro atoms. The molecule has 0 aromatic carbocycles. The molecule has 0 bridgehead atoms. The van der Waals surface area contributed by atoms with Crippen LogP contribution in [0.1, 0.15) is 69.5 Å². The molecule has 106 valence electrons. The average molecular weight is 283 g/mol. The Morgan fingerprint density at radius 3 is 2.47 bits per heavy atom. The first-order valence-electron chi connectivity index (χ1n) is 7.26. The molecular weight excluding hydrogens is 260 g/mol. The normalized spacial score (nSPS) is 15.8. The molecule has 1 aromatic heterocycles. The van der Waals surface area contributed by atoms with Crippen LogP contribution in [0.25, 0.3) is 0 Å². The van der Waals surface area contributed by atoms with Crippen LogP contribution in [0.5, 0.6) is 0 Å². The maximum Gasteiger partial charge on any atom is 0.160 e. The molecule has 0 aliphatic heterocycles. The van der Waals surface area contributed by atoms with Crippen molar-refractivity contribution in [1.82, 2.24) is 9.97 Å². The third kappa shape index (κ3) is 2.92. The third-order valence-electron chi connectivity index (χ3n) is 3.98. The number of ether oxygens (including phenoxy) is 1. The van der Waals surface area contributed by atoms with Crippen LogP contribution in [0.2, 0.25) is 0 Å². The van der Waals surface area contributed by atoms with Crippen molar-refractivity contribution in [2.75, 3.05) is 6.61 Å². The summed E-state index contributed by atoms with van der Waals surface area (Å²) in [6, 6.07) is 0. The SMILES string of the molecule is CCOC(CC)(CC)c1ncc(CCl)c(C2CC2)n1. The molecule has 1 aromatic rings. The molecule has 1 saturated carbocycles. The van der Waals surface area contributed by atoms with E-state index in [-0.39, 0.29) is 5.60 Å². The minimum atomic E-state index is -0.344. The number of rotatable bonds is 7. The van der Waals surface area contributed by atoms with Crippen LogP contribution in [0.4, 0.5) is 0 Å². The van der Waals surface area contributed by atoms with Gasteiger partial charge < -0.3 is 4.74 Å². The minimum Gasteiger partial charge on any atom is -0.367 e. The minimum absolute atomic E-state index is 0.344. The lowest BCUT2D eigenvalue weighted by Gasteiger charge is -2.30. The monoisotopic (exact) mass is 282 g/mol. The van der Waals surface area contributed by atoms with Gasteiger partial charge in [-0.1, -0.05) is 13.8 Å². The summed E-state index contributed by atoms with van der Waals surface area (Å²) in [5, 5.41) is 0. The zero-order valence-corrected chi connectivity index (χ0v) is 12.8. The van der Waals surface area contributed by atoms with E-state index in [0.29, 0.717) is 18.4 Å². The third-order valence-corrected chi connectivity index (χ3v) is 4.26. The van der Waals surface area contributed by atoms with Crippen molar-refractivity contribution in [3.05, 3.63) is 23.3 Å². The summed E-state index contributed by atoms with van der Waals surface area (Å²) in [6.45, 7) is 6.97. The number of hydrogen-bond donors (Lipinski definition) is 0. The van der Waals surface area contributed by atoms with Crippen LogP contribution in [-0.4, -0.2) is 16.6 Å². The molecule has 0 amide bonds. The summed E-state index contributed by atoms with van der Waals surface area (Å²) >= 11 is 5.99. The van der Waals surface area contributed by atoms with Gasteiger partial charge in [0.1, 0.15) is 5.60 Å². The van der Waals surface area contributed by atoms with Gasteiger partial charge in [-0.2, -0.15) is 0 Å². The second kappa shape index (κ2) is 6.19. The molecule has 1 fully saturated rings. The Labute approximate surface area is 120 Å². The maximum absolute atomic E-state index is 5.99. The van der Waals surface area contributed by atoms with Gasteiger partial charge in [-0.05, 0) is 32.6 Å². The summed E-state index contributed by atoms with van der Waals surface area (Å²) in [6.07, 6.45) is 6.12. The van der Waals surface area contributed by atoms with E-state index >= 15 is 0 Å². The van der Waals surface area contributed by atoms with Crippen molar-refractivity contribution in [1.29, 1.82) is 0 Å². The molecule has 3 nitrogen and oxygen atoms in total. The van der Waals surface area contributed by atoms with Crippen molar-refractivity contribution < 1.29 is 4.74 Å². The van der Waals surface area contributed by atoms with Crippen LogP contribution in [-0.2, 0) is 16.2 Å². The summed E-state index contributed by atoms with van der Waals surface area (Å²) in [5.41, 5.74) is 1.87. The highest BCUT2D eigenvalue weighted by molar-refractivity contribution is 6.17. The number of nitrogens with zero attached hydrogens (tertiary/aromatic N) is 2. The summed E-state index contributed by atoms with van der Waals surface area (Å²) in [7, 11) is 0. The van der Waals surface area contributed by atoms with Crippen molar-refractivity contribution in [3.63, 3.8) is 0 Å².